The van der Waals surface area contributed by atoms with Gasteiger partial charge in [0.05, 0.1) is 6.54 Å². The van der Waals surface area contributed by atoms with Gasteiger partial charge in [0.2, 0.25) is 5.91 Å². The van der Waals surface area contributed by atoms with Gasteiger partial charge in [-0.05, 0) is 48.6 Å². The van der Waals surface area contributed by atoms with Gasteiger partial charge in [-0.1, -0.05) is 55.8 Å². The Morgan fingerprint density at radius 2 is 1.62 bits per heavy atom. The Morgan fingerprint density at radius 1 is 1.04 bits per heavy atom. The predicted octanol–water partition coefficient (Wildman–Crippen LogP) is 4.75. The van der Waals surface area contributed by atoms with Crippen LogP contribution < -0.4 is 10.6 Å². The van der Waals surface area contributed by atoms with Gasteiger partial charge in [0.15, 0.2) is 0 Å². The highest BCUT2D eigenvalue weighted by molar-refractivity contribution is 6.30. The number of nitrogens with one attached hydrogen (secondary N) is 2. The van der Waals surface area contributed by atoms with E-state index in [0.29, 0.717) is 5.02 Å². The third-order valence-corrected chi connectivity index (χ3v) is 4.45. The van der Waals surface area contributed by atoms with Gasteiger partial charge in [-0.15, -0.1) is 0 Å². The van der Waals surface area contributed by atoms with Gasteiger partial charge in [0.25, 0.3) is 0 Å². The number of anilines is 1. The predicted molar refractivity (Wildman–Crippen MR) is 102 cm³/mol. The van der Waals surface area contributed by atoms with Crippen molar-refractivity contribution in [2.45, 2.75) is 39.7 Å². The molecule has 4 heteroatoms. The molecule has 1 amide bonds. The molecule has 2 rings (SSSR count). The maximum Gasteiger partial charge on any atom is 0.238 e. The molecular formula is C20H25ClN2O. The number of hydrogen-bond acceptors (Lipinski definition) is 2. The topological polar surface area (TPSA) is 41.1 Å². The molecule has 0 saturated heterocycles. The molecule has 0 heterocycles. The zero-order valence-electron chi connectivity index (χ0n) is 14.5. The van der Waals surface area contributed by atoms with Crippen LogP contribution in [-0.4, -0.2) is 12.5 Å². The zero-order chi connectivity index (χ0) is 17.5. The summed E-state index contributed by atoms with van der Waals surface area (Å²) in [6.45, 7) is 6.51. The average Bonchev–Trinajstić information content (AvgIpc) is 2.60. The number of para-hydroxylation sites is 1. The van der Waals surface area contributed by atoms with E-state index in [1.807, 2.05) is 37.3 Å². The largest absolute Gasteiger partial charge is 0.324 e. The third kappa shape index (κ3) is 4.83. The van der Waals surface area contributed by atoms with E-state index in [0.717, 1.165) is 24.1 Å². The molecule has 0 unspecified atom stereocenters. The lowest BCUT2D eigenvalue weighted by molar-refractivity contribution is -0.115. The van der Waals surface area contributed by atoms with Crippen molar-refractivity contribution >= 4 is 23.2 Å². The van der Waals surface area contributed by atoms with E-state index in [2.05, 4.69) is 36.6 Å². The third-order valence-electron chi connectivity index (χ3n) is 4.20. The maximum atomic E-state index is 12.3. The van der Waals surface area contributed by atoms with Crippen LogP contribution in [0.3, 0.4) is 0 Å². The molecule has 128 valence electrons. The Morgan fingerprint density at radius 3 is 2.17 bits per heavy atom. The number of rotatable bonds is 7. The molecule has 0 fully saturated rings. The van der Waals surface area contributed by atoms with Crippen molar-refractivity contribution in [3.8, 4) is 0 Å². The second-order valence-electron chi connectivity index (χ2n) is 5.86. The molecule has 0 saturated carbocycles. The molecule has 1 atom stereocenters. The van der Waals surface area contributed by atoms with Crippen LogP contribution >= 0.6 is 11.6 Å². The second kappa shape index (κ2) is 8.86. The molecule has 24 heavy (non-hydrogen) atoms. The van der Waals surface area contributed by atoms with Gasteiger partial charge in [-0.2, -0.15) is 0 Å². The van der Waals surface area contributed by atoms with Gasteiger partial charge in [0.1, 0.15) is 0 Å². The van der Waals surface area contributed by atoms with Crippen LogP contribution in [-0.2, 0) is 17.6 Å². The minimum Gasteiger partial charge on any atom is -0.324 e. The molecule has 0 aliphatic rings. The lowest BCUT2D eigenvalue weighted by Gasteiger charge is -2.17. The maximum absolute atomic E-state index is 12.3. The minimum absolute atomic E-state index is 0.0218. The van der Waals surface area contributed by atoms with Gasteiger partial charge in [-0.25, -0.2) is 0 Å². The van der Waals surface area contributed by atoms with Crippen molar-refractivity contribution in [2.24, 2.45) is 0 Å². The number of carbonyl (C=O) groups is 1. The van der Waals surface area contributed by atoms with Gasteiger partial charge in [-0.3, -0.25) is 4.79 Å². The standard InChI is InChI=1S/C20H25ClN2O/c1-4-15-7-6-8-16(5-2)20(15)23-19(24)13-22-14(3)17-9-11-18(21)12-10-17/h6-12,14,22H,4-5,13H2,1-3H3,(H,23,24)/t14-/m0/s1. The highest BCUT2D eigenvalue weighted by atomic mass is 35.5. The first kappa shape index (κ1) is 18.5. The van der Waals surface area contributed by atoms with Crippen molar-refractivity contribution in [1.82, 2.24) is 5.32 Å². The van der Waals surface area contributed by atoms with Crippen LogP contribution in [0, 0.1) is 0 Å². The summed E-state index contributed by atoms with van der Waals surface area (Å²) in [6.07, 6.45) is 1.80. The van der Waals surface area contributed by atoms with Crippen molar-refractivity contribution in [3.63, 3.8) is 0 Å². The van der Waals surface area contributed by atoms with E-state index in [1.165, 1.54) is 11.1 Å². The van der Waals surface area contributed by atoms with Crippen LogP contribution in [0.4, 0.5) is 5.69 Å². The normalized spacial score (nSPS) is 12.0. The van der Waals surface area contributed by atoms with E-state index in [1.54, 1.807) is 0 Å². The molecule has 2 aromatic rings. The van der Waals surface area contributed by atoms with Gasteiger partial charge in [0, 0.05) is 16.8 Å². The zero-order valence-corrected chi connectivity index (χ0v) is 15.3. The fraction of sp³-hybridized carbons (Fsp3) is 0.350. The number of carbonyl (C=O) groups excluding carboxylic acids is 1. The first-order chi connectivity index (χ1) is 11.5. The van der Waals surface area contributed by atoms with Crippen LogP contribution in [0.5, 0.6) is 0 Å². The van der Waals surface area contributed by atoms with Crippen molar-refractivity contribution in [1.29, 1.82) is 0 Å². The molecule has 3 nitrogen and oxygen atoms in total. The molecule has 0 aliphatic carbocycles. The Balaban J connectivity index is 1.97. The quantitative estimate of drug-likeness (QED) is 0.760. The van der Waals surface area contributed by atoms with Gasteiger partial charge >= 0.3 is 0 Å². The van der Waals surface area contributed by atoms with E-state index >= 15 is 0 Å². The van der Waals surface area contributed by atoms with Gasteiger partial charge < -0.3 is 10.6 Å². The Labute approximate surface area is 149 Å². The number of hydrogen-bond donors (Lipinski definition) is 2. The summed E-state index contributed by atoms with van der Waals surface area (Å²) in [4.78, 5) is 12.3. The molecule has 2 aromatic carbocycles. The SMILES string of the molecule is CCc1cccc(CC)c1NC(=O)CN[C@@H](C)c1ccc(Cl)cc1. The molecule has 2 N–H and O–H groups in total. The molecule has 0 aliphatic heterocycles. The monoisotopic (exact) mass is 344 g/mol. The smallest absolute Gasteiger partial charge is 0.238 e. The average molecular weight is 345 g/mol. The number of halogens is 1. The molecule has 0 bridgehead atoms. The molecular weight excluding hydrogens is 320 g/mol. The van der Waals surface area contributed by atoms with Crippen LogP contribution in [0.25, 0.3) is 0 Å². The summed E-state index contributed by atoms with van der Waals surface area (Å²) in [5.74, 6) is -0.0218. The van der Waals surface area contributed by atoms with E-state index in [4.69, 9.17) is 11.6 Å². The second-order valence-corrected chi connectivity index (χ2v) is 6.30. The summed E-state index contributed by atoms with van der Waals surface area (Å²) in [5.41, 5.74) is 4.42. The highest BCUT2D eigenvalue weighted by Gasteiger charge is 2.11. The summed E-state index contributed by atoms with van der Waals surface area (Å²) in [6, 6.07) is 13.9. The summed E-state index contributed by atoms with van der Waals surface area (Å²) in [7, 11) is 0. The highest BCUT2D eigenvalue weighted by Crippen LogP contribution is 2.22. The Bertz CT molecular complexity index is 660. The fourth-order valence-corrected chi connectivity index (χ4v) is 2.83. The lowest BCUT2D eigenvalue weighted by Crippen LogP contribution is -2.30. The Kier molecular flexibility index (Phi) is 6.83. The van der Waals surface area contributed by atoms with Crippen molar-refractivity contribution < 1.29 is 4.79 Å². The molecule has 0 radical (unpaired) electrons. The molecule has 0 aromatic heterocycles. The Hall–Kier alpha value is -1.84. The van der Waals surface area contributed by atoms with Crippen LogP contribution in [0.2, 0.25) is 5.02 Å². The van der Waals surface area contributed by atoms with Crippen molar-refractivity contribution in [3.05, 3.63) is 64.2 Å². The first-order valence-corrected chi connectivity index (χ1v) is 8.82. The summed E-state index contributed by atoms with van der Waals surface area (Å²) < 4.78 is 0. The summed E-state index contributed by atoms with van der Waals surface area (Å²) in [5, 5.41) is 7.05. The van der Waals surface area contributed by atoms with Crippen LogP contribution in [0.15, 0.2) is 42.5 Å². The summed E-state index contributed by atoms with van der Waals surface area (Å²) >= 11 is 5.91. The van der Waals surface area contributed by atoms with E-state index in [9.17, 15) is 4.79 Å². The fourth-order valence-electron chi connectivity index (χ4n) is 2.70. The van der Waals surface area contributed by atoms with Crippen molar-refractivity contribution in [2.75, 3.05) is 11.9 Å². The van der Waals surface area contributed by atoms with E-state index < -0.39 is 0 Å². The lowest BCUT2D eigenvalue weighted by atomic mass is 10.0. The number of aryl methyl sites for hydroxylation is 2. The molecule has 0 spiro atoms. The first-order valence-electron chi connectivity index (χ1n) is 8.44. The van der Waals surface area contributed by atoms with Crippen LogP contribution in [0.1, 0.15) is 43.5 Å². The minimum atomic E-state index is -0.0218. The number of amides is 1. The van der Waals surface area contributed by atoms with E-state index in [-0.39, 0.29) is 18.5 Å². The number of benzene rings is 2.